The number of hydrogen-bond acceptors (Lipinski definition) is 3. The monoisotopic (exact) mass is 315 g/mol. The predicted octanol–water partition coefficient (Wildman–Crippen LogP) is 2.37. The van der Waals surface area contributed by atoms with Crippen LogP contribution in [0.1, 0.15) is 44.7 Å². The van der Waals surface area contributed by atoms with Crippen LogP contribution in [0.5, 0.6) is 0 Å². The smallest absolute Gasteiger partial charge is 0.228 e. The highest BCUT2D eigenvalue weighted by Gasteiger charge is 2.33. The van der Waals surface area contributed by atoms with Gasteiger partial charge in [0.2, 0.25) is 5.91 Å². The molecule has 0 atom stereocenters. The van der Waals surface area contributed by atoms with E-state index >= 15 is 0 Å². The molecule has 2 rings (SSSR count). The molecule has 5 nitrogen and oxygen atoms in total. The Kier molecular flexibility index (Phi) is 4.07. The molecule has 0 saturated heterocycles. The number of carbonyl (C=O) groups is 1. The fourth-order valence-corrected chi connectivity index (χ4v) is 2.92. The van der Waals surface area contributed by atoms with E-state index < -0.39 is 5.60 Å². The van der Waals surface area contributed by atoms with Crippen molar-refractivity contribution in [2.75, 3.05) is 5.32 Å². The maximum Gasteiger partial charge on any atom is 0.228 e. The Bertz CT molecular complexity index is 439. The molecule has 1 aliphatic rings. The number of H-pyrrole nitrogens is 1. The second kappa shape index (κ2) is 5.40. The number of nitrogens with one attached hydrogen (secondary N) is 2. The summed E-state index contributed by atoms with van der Waals surface area (Å²) >= 11 is 3.40. The largest absolute Gasteiger partial charge is 0.389 e. The van der Waals surface area contributed by atoms with E-state index in [0.717, 1.165) is 29.4 Å². The number of anilines is 1. The van der Waals surface area contributed by atoms with Gasteiger partial charge in [0.25, 0.3) is 0 Å². The van der Waals surface area contributed by atoms with Gasteiger partial charge in [-0.15, -0.1) is 0 Å². The van der Waals surface area contributed by atoms with E-state index in [1.807, 2.05) is 6.92 Å². The molecule has 0 aliphatic heterocycles. The Labute approximate surface area is 114 Å². The van der Waals surface area contributed by atoms with E-state index in [4.69, 9.17) is 0 Å². The maximum absolute atomic E-state index is 11.9. The van der Waals surface area contributed by atoms with Crippen LogP contribution in [0.2, 0.25) is 0 Å². The zero-order chi connectivity index (χ0) is 13.2. The molecular weight excluding hydrogens is 298 g/mol. The molecule has 0 unspecified atom stereocenters. The van der Waals surface area contributed by atoms with Gasteiger partial charge < -0.3 is 10.4 Å². The van der Waals surface area contributed by atoms with Crippen molar-refractivity contribution >= 4 is 27.7 Å². The Hall–Kier alpha value is -0.880. The topological polar surface area (TPSA) is 78.0 Å². The molecule has 0 aromatic carbocycles. The summed E-state index contributed by atoms with van der Waals surface area (Å²) in [6.45, 7) is 2.01. The molecular formula is C12H18BrN3O2. The van der Waals surface area contributed by atoms with Crippen LogP contribution in [0.15, 0.2) is 4.47 Å². The molecule has 1 fully saturated rings. The first-order valence-corrected chi connectivity index (χ1v) is 7.08. The minimum atomic E-state index is -0.819. The minimum Gasteiger partial charge on any atom is -0.389 e. The van der Waals surface area contributed by atoms with Crippen molar-refractivity contribution in [3.63, 3.8) is 0 Å². The zero-order valence-corrected chi connectivity index (χ0v) is 12.0. The van der Waals surface area contributed by atoms with Crippen molar-refractivity contribution in [3.05, 3.63) is 10.2 Å². The maximum atomic E-state index is 11.9. The number of amides is 1. The van der Waals surface area contributed by atoms with E-state index in [1.54, 1.807) is 0 Å². The molecule has 0 bridgehead atoms. The molecule has 1 aliphatic carbocycles. The van der Waals surface area contributed by atoms with Crippen LogP contribution in [0, 0.1) is 0 Å². The van der Waals surface area contributed by atoms with Crippen molar-refractivity contribution in [1.82, 2.24) is 10.2 Å². The Morgan fingerprint density at radius 3 is 2.78 bits per heavy atom. The number of aromatic amines is 1. The fourth-order valence-electron chi connectivity index (χ4n) is 2.37. The normalized spacial score (nSPS) is 17.9. The van der Waals surface area contributed by atoms with Gasteiger partial charge >= 0.3 is 0 Å². The lowest BCUT2D eigenvalue weighted by atomic mass is 9.98. The van der Waals surface area contributed by atoms with Gasteiger partial charge in [-0.3, -0.25) is 9.89 Å². The Morgan fingerprint density at radius 2 is 2.22 bits per heavy atom. The highest BCUT2D eigenvalue weighted by Crippen LogP contribution is 2.33. The second-order valence-corrected chi connectivity index (χ2v) is 5.67. The lowest BCUT2D eigenvalue weighted by Crippen LogP contribution is -2.30. The van der Waals surface area contributed by atoms with Crippen LogP contribution in [0.4, 0.5) is 5.82 Å². The number of rotatable bonds is 4. The summed E-state index contributed by atoms with van der Waals surface area (Å²) in [6, 6.07) is 0. The summed E-state index contributed by atoms with van der Waals surface area (Å²) in [6.07, 6.45) is 4.37. The molecule has 1 aromatic heterocycles. The Balaban J connectivity index is 1.96. The van der Waals surface area contributed by atoms with E-state index in [0.29, 0.717) is 18.7 Å². The van der Waals surface area contributed by atoms with Crippen LogP contribution in [0.25, 0.3) is 0 Å². The molecule has 100 valence electrons. The first-order valence-electron chi connectivity index (χ1n) is 6.29. The first kappa shape index (κ1) is 13.5. The quantitative estimate of drug-likeness (QED) is 0.798. The van der Waals surface area contributed by atoms with E-state index in [9.17, 15) is 9.90 Å². The lowest BCUT2D eigenvalue weighted by molar-refractivity contribution is -0.120. The summed E-state index contributed by atoms with van der Waals surface area (Å²) in [7, 11) is 0. The third-order valence-corrected chi connectivity index (χ3v) is 4.26. The standard InChI is InChI=1S/C12H18BrN3O2/c1-2-8-10(13)11(16-15-8)14-9(17)7-12(18)5-3-4-6-12/h18H,2-7H2,1H3,(H2,14,15,16,17). The summed E-state index contributed by atoms with van der Waals surface area (Å²) in [5.74, 6) is 0.313. The van der Waals surface area contributed by atoms with Crippen LogP contribution in [-0.4, -0.2) is 26.8 Å². The van der Waals surface area contributed by atoms with Gasteiger partial charge in [-0.2, -0.15) is 5.10 Å². The highest BCUT2D eigenvalue weighted by molar-refractivity contribution is 9.10. The zero-order valence-electron chi connectivity index (χ0n) is 10.4. The van der Waals surface area contributed by atoms with E-state index in [1.165, 1.54) is 0 Å². The van der Waals surface area contributed by atoms with Crippen LogP contribution in [-0.2, 0) is 11.2 Å². The second-order valence-electron chi connectivity index (χ2n) is 4.87. The fraction of sp³-hybridized carbons (Fsp3) is 0.667. The summed E-state index contributed by atoms with van der Waals surface area (Å²) in [5.41, 5.74) is 0.130. The molecule has 1 amide bonds. The average Bonchev–Trinajstić information content (AvgIpc) is 2.87. The van der Waals surface area contributed by atoms with Gasteiger partial charge in [0.05, 0.1) is 22.2 Å². The Morgan fingerprint density at radius 1 is 1.56 bits per heavy atom. The number of aryl methyl sites for hydroxylation is 1. The summed E-state index contributed by atoms with van der Waals surface area (Å²) < 4.78 is 0.789. The number of nitrogens with zero attached hydrogens (tertiary/aromatic N) is 1. The molecule has 0 radical (unpaired) electrons. The van der Waals surface area contributed by atoms with Gasteiger partial charge in [0.15, 0.2) is 5.82 Å². The predicted molar refractivity (Wildman–Crippen MR) is 72.3 cm³/mol. The van der Waals surface area contributed by atoms with Crippen molar-refractivity contribution in [1.29, 1.82) is 0 Å². The molecule has 3 N–H and O–H groups in total. The SMILES string of the molecule is CCc1[nH]nc(NC(=O)CC2(O)CCCC2)c1Br. The lowest BCUT2D eigenvalue weighted by Gasteiger charge is -2.20. The third-order valence-electron chi connectivity index (χ3n) is 3.41. The highest BCUT2D eigenvalue weighted by atomic mass is 79.9. The van der Waals surface area contributed by atoms with E-state index in [2.05, 4.69) is 31.4 Å². The van der Waals surface area contributed by atoms with Crippen LogP contribution in [0.3, 0.4) is 0 Å². The van der Waals surface area contributed by atoms with Crippen molar-refractivity contribution in [3.8, 4) is 0 Å². The number of carbonyl (C=O) groups excluding carboxylic acids is 1. The van der Waals surface area contributed by atoms with Crippen LogP contribution >= 0.6 is 15.9 Å². The molecule has 1 heterocycles. The van der Waals surface area contributed by atoms with E-state index in [-0.39, 0.29) is 12.3 Å². The molecule has 0 spiro atoms. The van der Waals surface area contributed by atoms with Crippen molar-refractivity contribution < 1.29 is 9.90 Å². The molecule has 18 heavy (non-hydrogen) atoms. The van der Waals surface area contributed by atoms with Crippen molar-refractivity contribution in [2.45, 2.75) is 51.0 Å². The summed E-state index contributed by atoms with van der Waals surface area (Å²) in [5, 5.41) is 19.8. The third kappa shape index (κ3) is 2.92. The molecule has 1 saturated carbocycles. The summed E-state index contributed by atoms with van der Waals surface area (Å²) in [4.78, 5) is 11.9. The van der Waals surface area contributed by atoms with Gasteiger partial charge in [-0.1, -0.05) is 19.8 Å². The first-order chi connectivity index (χ1) is 8.54. The van der Waals surface area contributed by atoms with Crippen LogP contribution < -0.4 is 5.32 Å². The van der Waals surface area contributed by atoms with Gasteiger partial charge in [-0.05, 0) is 35.2 Å². The number of aliphatic hydroxyl groups is 1. The van der Waals surface area contributed by atoms with Gasteiger partial charge in [0.1, 0.15) is 0 Å². The average molecular weight is 316 g/mol. The molecule has 6 heteroatoms. The number of aromatic nitrogens is 2. The van der Waals surface area contributed by atoms with Gasteiger partial charge in [0, 0.05) is 0 Å². The van der Waals surface area contributed by atoms with Crippen molar-refractivity contribution in [2.24, 2.45) is 0 Å². The number of halogens is 1. The minimum absolute atomic E-state index is 0.147. The molecule has 1 aromatic rings. The number of hydrogen-bond donors (Lipinski definition) is 3. The van der Waals surface area contributed by atoms with Gasteiger partial charge in [-0.25, -0.2) is 0 Å².